The normalized spacial score (nSPS) is 19.9. The highest BCUT2D eigenvalue weighted by Gasteiger charge is 2.34. The van der Waals surface area contributed by atoms with E-state index >= 15 is 0 Å². The minimum Gasteiger partial charge on any atom is -0.497 e. The van der Waals surface area contributed by atoms with Crippen molar-refractivity contribution >= 4 is 5.97 Å². The molecule has 1 aliphatic heterocycles. The Morgan fingerprint density at radius 3 is 2.75 bits per heavy atom. The van der Waals surface area contributed by atoms with Crippen LogP contribution in [0.5, 0.6) is 5.75 Å². The minimum absolute atomic E-state index is 0.195. The maximum Gasteiger partial charge on any atom is 0.303 e. The Bertz CT molecular complexity index is 787. The van der Waals surface area contributed by atoms with Crippen molar-refractivity contribution in [3.05, 3.63) is 77.9 Å². The molecule has 0 unspecified atom stereocenters. The summed E-state index contributed by atoms with van der Waals surface area (Å²) in [6, 6.07) is 19.3. The molecule has 28 heavy (non-hydrogen) atoms. The van der Waals surface area contributed by atoms with Crippen molar-refractivity contribution < 1.29 is 14.6 Å². The summed E-state index contributed by atoms with van der Waals surface area (Å²) >= 11 is 0. The lowest BCUT2D eigenvalue weighted by molar-refractivity contribution is -0.136. The van der Waals surface area contributed by atoms with Crippen LogP contribution in [0.15, 0.2) is 66.7 Å². The summed E-state index contributed by atoms with van der Waals surface area (Å²) in [5, 5.41) is 8.79. The standard InChI is InChI=1S/C24H29NO3/c1-28-22-13-8-12-21(17-22)24-20(11-6-3-7-14-23(26)27)15-16-25(24)18-19-9-4-2-5-10-19/h2-6,8-10,12-13,17,20,24H,7,11,14-16,18H2,1H3,(H,26,27)/t20-,24-/m0/s1. The molecule has 0 aliphatic carbocycles. The van der Waals surface area contributed by atoms with Crippen molar-refractivity contribution in [1.82, 2.24) is 4.90 Å². The predicted molar refractivity (Wildman–Crippen MR) is 111 cm³/mol. The fourth-order valence-corrected chi connectivity index (χ4v) is 4.07. The Kier molecular flexibility index (Phi) is 7.26. The van der Waals surface area contributed by atoms with Gasteiger partial charge in [0, 0.05) is 19.0 Å². The van der Waals surface area contributed by atoms with Crippen LogP contribution < -0.4 is 4.74 Å². The van der Waals surface area contributed by atoms with Gasteiger partial charge in [-0.15, -0.1) is 0 Å². The second kappa shape index (κ2) is 10.1. The lowest BCUT2D eigenvalue weighted by atomic mass is 9.90. The Balaban J connectivity index is 1.75. The van der Waals surface area contributed by atoms with Gasteiger partial charge < -0.3 is 9.84 Å². The number of hydrogen-bond acceptors (Lipinski definition) is 3. The molecular weight excluding hydrogens is 350 g/mol. The Morgan fingerprint density at radius 1 is 1.18 bits per heavy atom. The van der Waals surface area contributed by atoms with Crippen LogP contribution in [0.2, 0.25) is 0 Å². The van der Waals surface area contributed by atoms with Crippen molar-refractivity contribution in [3.63, 3.8) is 0 Å². The second-order valence-corrected chi connectivity index (χ2v) is 7.37. The molecule has 1 saturated heterocycles. The van der Waals surface area contributed by atoms with Gasteiger partial charge in [-0.25, -0.2) is 0 Å². The lowest BCUT2D eigenvalue weighted by Crippen LogP contribution is -2.25. The fourth-order valence-electron chi connectivity index (χ4n) is 4.07. The second-order valence-electron chi connectivity index (χ2n) is 7.37. The number of nitrogens with zero attached hydrogens (tertiary/aromatic N) is 1. The first-order valence-corrected chi connectivity index (χ1v) is 9.96. The number of benzene rings is 2. The average Bonchev–Trinajstić information content (AvgIpc) is 3.10. The van der Waals surface area contributed by atoms with Crippen LogP contribution in [-0.2, 0) is 11.3 Å². The van der Waals surface area contributed by atoms with Crippen LogP contribution >= 0.6 is 0 Å². The van der Waals surface area contributed by atoms with Gasteiger partial charge in [-0.1, -0.05) is 54.6 Å². The van der Waals surface area contributed by atoms with Gasteiger partial charge in [0.05, 0.1) is 7.11 Å². The van der Waals surface area contributed by atoms with E-state index in [4.69, 9.17) is 9.84 Å². The van der Waals surface area contributed by atoms with Crippen LogP contribution in [0.4, 0.5) is 0 Å². The molecule has 3 rings (SSSR count). The third kappa shape index (κ3) is 5.46. The molecule has 0 aromatic heterocycles. The number of allylic oxidation sites excluding steroid dienone is 2. The third-order valence-corrected chi connectivity index (χ3v) is 5.42. The molecule has 1 N–H and O–H groups in total. The van der Waals surface area contributed by atoms with Gasteiger partial charge in [0.2, 0.25) is 0 Å². The molecule has 4 nitrogen and oxygen atoms in total. The van der Waals surface area contributed by atoms with Crippen molar-refractivity contribution in [2.75, 3.05) is 13.7 Å². The van der Waals surface area contributed by atoms with Crippen LogP contribution in [0.3, 0.4) is 0 Å². The molecule has 2 aromatic rings. The molecular formula is C24H29NO3. The molecule has 2 aromatic carbocycles. The number of carboxylic acids is 1. The minimum atomic E-state index is -0.742. The summed E-state index contributed by atoms with van der Waals surface area (Å²) < 4.78 is 5.45. The fraction of sp³-hybridized carbons (Fsp3) is 0.375. The average molecular weight is 380 g/mol. The molecule has 0 amide bonds. The molecule has 1 aliphatic rings. The maximum atomic E-state index is 10.7. The molecule has 0 spiro atoms. The van der Waals surface area contributed by atoms with Gasteiger partial charge in [-0.3, -0.25) is 9.69 Å². The number of likely N-dealkylation sites (tertiary alicyclic amines) is 1. The topological polar surface area (TPSA) is 49.8 Å². The lowest BCUT2D eigenvalue weighted by Gasteiger charge is -2.29. The highest BCUT2D eigenvalue weighted by molar-refractivity contribution is 5.66. The molecule has 1 fully saturated rings. The van der Waals surface area contributed by atoms with E-state index in [0.717, 1.165) is 31.7 Å². The summed E-state index contributed by atoms with van der Waals surface area (Å²) in [6.07, 6.45) is 7.06. The summed E-state index contributed by atoms with van der Waals surface area (Å²) in [5.41, 5.74) is 2.62. The number of hydrogen-bond donors (Lipinski definition) is 1. The molecule has 0 radical (unpaired) electrons. The van der Waals surface area contributed by atoms with Gasteiger partial charge >= 0.3 is 5.97 Å². The van der Waals surface area contributed by atoms with E-state index in [1.165, 1.54) is 11.1 Å². The Hall–Kier alpha value is -2.59. The van der Waals surface area contributed by atoms with Crippen LogP contribution in [0.25, 0.3) is 0 Å². The zero-order chi connectivity index (χ0) is 19.8. The number of rotatable bonds is 9. The number of carbonyl (C=O) groups is 1. The zero-order valence-corrected chi connectivity index (χ0v) is 16.5. The summed E-state index contributed by atoms with van der Waals surface area (Å²) in [6.45, 7) is 1.99. The van der Waals surface area contributed by atoms with E-state index in [9.17, 15) is 4.79 Å². The number of carboxylic acid groups (broad SMARTS) is 1. The summed E-state index contributed by atoms with van der Waals surface area (Å²) in [7, 11) is 1.71. The van der Waals surface area contributed by atoms with Crippen LogP contribution in [0, 0.1) is 5.92 Å². The van der Waals surface area contributed by atoms with Crippen molar-refractivity contribution in [2.45, 2.75) is 38.3 Å². The highest BCUT2D eigenvalue weighted by Crippen LogP contribution is 2.41. The Labute approximate surface area is 167 Å². The first-order valence-electron chi connectivity index (χ1n) is 9.96. The van der Waals surface area contributed by atoms with E-state index in [-0.39, 0.29) is 6.42 Å². The first kappa shape index (κ1) is 20.2. The van der Waals surface area contributed by atoms with E-state index in [0.29, 0.717) is 18.4 Å². The highest BCUT2D eigenvalue weighted by atomic mass is 16.5. The van der Waals surface area contributed by atoms with Gasteiger partial charge in [0.15, 0.2) is 0 Å². The summed E-state index contributed by atoms with van der Waals surface area (Å²) in [4.78, 5) is 13.2. The molecule has 0 saturated carbocycles. The van der Waals surface area contributed by atoms with Crippen LogP contribution in [-0.4, -0.2) is 29.6 Å². The molecule has 2 atom stereocenters. The molecule has 0 bridgehead atoms. The first-order chi connectivity index (χ1) is 13.7. The van der Waals surface area contributed by atoms with Gasteiger partial charge in [0.25, 0.3) is 0 Å². The third-order valence-electron chi connectivity index (χ3n) is 5.42. The Morgan fingerprint density at radius 2 is 2.00 bits per heavy atom. The van der Waals surface area contributed by atoms with E-state index < -0.39 is 5.97 Å². The smallest absolute Gasteiger partial charge is 0.303 e. The van der Waals surface area contributed by atoms with E-state index in [1.807, 2.05) is 12.1 Å². The molecule has 4 heteroatoms. The quantitative estimate of drug-likeness (QED) is 0.618. The monoisotopic (exact) mass is 379 g/mol. The van der Waals surface area contributed by atoms with Crippen molar-refractivity contribution in [2.24, 2.45) is 5.92 Å². The van der Waals surface area contributed by atoms with Gasteiger partial charge in [-0.2, -0.15) is 0 Å². The van der Waals surface area contributed by atoms with Crippen molar-refractivity contribution in [1.29, 1.82) is 0 Å². The number of methoxy groups -OCH3 is 1. The molecule has 148 valence electrons. The zero-order valence-electron chi connectivity index (χ0n) is 16.5. The molecule has 1 heterocycles. The van der Waals surface area contributed by atoms with Gasteiger partial charge in [-0.05, 0) is 55.0 Å². The van der Waals surface area contributed by atoms with E-state index in [2.05, 4.69) is 59.5 Å². The van der Waals surface area contributed by atoms with Gasteiger partial charge in [0.1, 0.15) is 5.75 Å². The summed E-state index contributed by atoms with van der Waals surface area (Å²) in [5.74, 6) is 0.658. The van der Waals surface area contributed by atoms with Crippen LogP contribution in [0.1, 0.15) is 42.9 Å². The predicted octanol–water partition coefficient (Wildman–Crippen LogP) is 5.07. The largest absolute Gasteiger partial charge is 0.497 e. The number of ether oxygens (including phenoxy) is 1. The van der Waals surface area contributed by atoms with E-state index in [1.54, 1.807) is 7.11 Å². The number of aliphatic carboxylic acids is 1. The van der Waals surface area contributed by atoms with Crippen molar-refractivity contribution in [3.8, 4) is 5.75 Å². The SMILES string of the molecule is COc1cccc([C@@H]2[C@@H](CC=CCCC(=O)O)CCN2Cc2ccccc2)c1. The maximum absolute atomic E-state index is 10.7.